The van der Waals surface area contributed by atoms with Crippen LogP contribution in [0, 0.1) is 6.92 Å². The molecule has 0 atom stereocenters. The van der Waals surface area contributed by atoms with E-state index in [1.165, 1.54) is 18.2 Å². The van der Waals surface area contributed by atoms with Crippen molar-refractivity contribution in [3.63, 3.8) is 0 Å². The van der Waals surface area contributed by atoms with E-state index in [1.54, 1.807) is 29.8 Å². The van der Waals surface area contributed by atoms with Crippen molar-refractivity contribution in [2.24, 2.45) is 0 Å². The molecule has 0 saturated carbocycles. The first-order valence-electron chi connectivity index (χ1n) is 9.39. The van der Waals surface area contributed by atoms with Gasteiger partial charge in [-0.2, -0.15) is 5.10 Å². The number of hydrogen-bond acceptors (Lipinski definition) is 4. The topological polar surface area (TPSA) is 81.1 Å². The van der Waals surface area contributed by atoms with E-state index in [0.717, 1.165) is 5.56 Å². The van der Waals surface area contributed by atoms with Crippen LogP contribution in [0.4, 0.5) is 5.69 Å². The summed E-state index contributed by atoms with van der Waals surface area (Å²) in [6.07, 6.45) is 3.00. The second-order valence-electron chi connectivity index (χ2n) is 6.68. The Bertz CT molecular complexity index is 1170. The molecule has 1 amide bonds. The van der Waals surface area contributed by atoms with E-state index >= 15 is 0 Å². The lowest BCUT2D eigenvalue weighted by Gasteiger charge is -2.05. The number of nitrogens with zero attached hydrogens (tertiary/aromatic N) is 2. The number of carbonyl (C=O) groups excluding carboxylic acids is 1. The van der Waals surface area contributed by atoms with Crippen molar-refractivity contribution in [1.82, 2.24) is 9.78 Å². The molecule has 0 radical (unpaired) electrons. The molecular weight excluding hydrogens is 422 g/mol. The van der Waals surface area contributed by atoms with E-state index in [2.05, 4.69) is 10.4 Å². The smallest absolute Gasteiger partial charge is 0.248 e. The first-order chi connectivity index (χ1) is 14.3. The van der Waals surface area contributed by atoms with E-state index in [4.69, 9.17) is 11.6 Å². The van der Waals surface area contributed by atoms with Gasteiger partial charge in [0.25, 0.3) is 0 Å². The number of anilines is 1. The molecular formula is C22H22ClN3O3S. The maximum Gasteiger partial charge on any atom is 0.248 e. The van der Waals surface area contributed by atoms with Crippen molar-refractivity contribution < 1.29 is 13.2 Å². The Balaban J connectivity index is 1.69. The monoisotopic (exact) mass is 443 g/mol. The number of sulfone groups is 1. The highest BCUT2D eigenvalue weighted by atomic mass is 35.5. The second-order valence-corrected chi connectivity index (χ2v) is 9.32. The molecule has 30 heavy (non-hydrogen) atoms. The Morgan fingerprint density at radius 2 is 1.80 bits per heavy atom. The summed E-state index contributed by atoms with van der Waals surface area (Å²) < 4.78 is 25.4. The molecule has 0 aliphatic heterocycles. The quantitative estimate of drug-likeness (QED) is 0.551. The van der Waals surface area contributed by atoms with Crippen LogP contribution in [0.3, 0.4) is 0 Å². The number of nitrogens with one attached hydrogen (secondary N) is 1. The van der Waals surface area contributed by atoms with Crippen LogP contribution < -0.4 is 5.32 Å². The highest BCUT2D eigenvalue weighted by Crippen LogP contribution is 2.22. The van der Waals surface area contributed by atoms with Gasteiger partial charge >= 0.3 is 0 Å². The van der Waals surface area contributed by atoms with Crippen molar-refractivity contribution >= 4 is 39.1 Å². The molecule has 0 saturated heterocycles. The fourth-order valence-electron chi connectivity index (χ4n) is 2.87. The van der Waals surface area contributed by atoms with Crippen LogP contribution in [0.2, 0.25) is 5.15 Å². The normalized spacial score (nSPS) is 11.7. The van der Waals surface area contributed by atoms with Gasteiger partial charge < -0.3 is 5.32 Å². The van der Waals surface area contributed by atoms with Gasteiger partial charge in [0.2, 0.25) is 5.91 Å². The van der Waals surface area contributed by atoms with Crippen molar-refractivity contribution in [3.05, 3.63) is 82.6 Å². The zero-order valence-corrected chi connectivity index (χ0v) is 18.2. The zero-order valence-electron chi connectivity index (χ0n) is 16.7. The fraction of sp³-hybridized carbons (Fsp3) is 0.182. The highest BCUT2D eigenvalue weighted by Gasteiger charge is 2.13. The molecule has 0 unspecified atom stereocenters. The summed E-state index contributed by atoms with van der Waals surface area (Å²) in [5, 5.41) is 7.61. The Kier molecular flexibility index (Phi) is 6.74. The molecule has 1 heterocycles. The minimum Gasteiger partial charge on any atom is -0.323 e. The van der Waals surface area contributed by atoms with Gasteiger partial charge in [-0.3, -0.25) is 4.79 Å². The summed E-state index contributed by atoms with van der Waals surface area (Å²) in [4.78, 5) is 12.5. The number of hydrogen-bond donors (Lipinski definition) is 1. The fourth-order valence-corrected chi connectivity index (χ4v) is 4.05. The summed E-state index contributed by atoms with van der Waals surface area (Å²) in [5.74, 6) is -0.327. The van der Waals surface area contributed by atoms with Crippen LogP contribution in [0.5, 0.6) is 0 Å². The van der Waals surface area contributed by atoms with Crippen LogP contribution in [0.15, 0.2) is 65.6 Å². The summed E-state index contributed by atoms with van der Waals surface area (Å²) in [5.41, 5.74) is 2.97. The SMILES string of the molecule is CCS(=O)(=O)c1ccc(NC(=O)/C=C/c2c(C)nn(Cc3ccccc3)c2Cl)cc1. The van der Waals surface area contributed by atoms with Crippen LogP contribution in [-0.2, 0) is 21.2 Å². The van der Waals surface area contributed by atoms with E-state index in [0.29, 0.717) is 28.6 Å². The van der Waals surface area contributed by atoms with Gasteiger partial charge in [0.15, 0.2) is 9.84 Å². The molecule has 0 aliphatic carbocycles. The zero-order chi connectivity index (χ0) is 21.7. The van der Waals surface area contributed by atoms with Gasteiger partial charge in [-0.1, -0.05) is 48.9 Å². The standard InChI is InChI=1S/C22H22ClN3O3S/c1-3-30(28,29)19-11-9-18(10-12-19)24-21(27)14-13-20-16(2)25-26(22(20)23)15-17-7-5-4-6-8-17/h4-14H,3,15H2,1-2H3,(H,24,27)/b14-13+. The van der Waals surface area contributed by atoms with E-state index in [-0.39, 0.29) is 16.6 Å². The van der Waals surface area contributed by atoms with E-state index in [9.17, 15) is 13.2 Å². The molecule has 0 bridgehead atoms. The molecule has 3 rings (SSSR count). The summed E-state index contributed by atoms with van der Waals surface area (Å²) in [6, 6.07) is 15.9. The Labute approximate surface area is 181 Å². The first-order valence-corrected chi connectivity index (χ1v) is 11.4. The summed E-state index contributed by atoms with van der Waals surface area (Å²) in [6.45, 7) is 3.95. The minimum atomic E-state index is -3.27. The lowest BCUT2D eigenvalue weighted by Crippen LogP contribution is -2.08. The molecule has 3 aromatic rings. The van der Waals surface area contributed by atoms with Crippen molar-refractivity contribution in [1.29, 1.82) is 0 Å². The lowest BCUT2D eigenvalue weighted by molar-refractivity contribution is -0.111. The average Bonchev–Trinajstić information content (AvgIpc) is 3.00. The number of halogens is 1. The highest BCUT2D eigenvalue weighted by molar-refractivity contribution is 7.91. The lowest BCUT2D eigenvalue weighted by atomic mass is 10.2. The Hall–Kier alpha value is -2.90. The maximum absolute atomic E-state index is 12.3. The van der Waals surface area contributed by atoms with E-state index < -0.39 is 9.84 Å². The van der Waals surface area contributed by atoms with Crippen LogP contribution in [-0.4, -0.2) is 29.9 Å². The van der Waals surface area contributed by atoms with Gasteiger partial charge in [-0.15, -0.1) is 0 Å². The summed E-state index contributed by atoms with van der Waals surface area (Å²) >= 11 is 6.46. The summed E-state index contributed by atoms with van der Waals surface area (Å²) in [7, 11) is -3.27. The van der Waals surface area contributed by atoms with Crippen LogP contribution in [0.25, 0.3) is 6.08 Å². The van der Waals surface area contributed by atoms with Crippen LogP contribution in [0.1, 0.15) is 23.7 Å². The third-order valence-electron chi connectivity index (χ3n) is 4.55. The van der Waals surface area contributed by atoms with Gasteiger partial charge in [0.1, 0.15) is 5.15 Å². The molecule has 0 fully saturated rings. The molecule has 156 valence electrons. The Morgan fingerprint density at radius 1 is 1.13 bits per heavy atom. The number of amides is 1. The number of rotatable bonds is 7. The molecule has 2 aromatic carbocycles. The largest absolute Gasteiger partial charge is 0.323 e. The first kappa shape index (κ1) is 21.8. The van der Waals surface area contributed by atoms with Crippen molar-refractivity contribution in [2.45, 2.75) is 25.3 Å². The molecule has 0 aliphatic rings. The van der Waals surface area contributed by atoms with Gasteiger partial charge in [0, 0.05) is 17.3 Å². The minimum absolute atomic E-state index is 0.0273. The second kappa shape index (κ2) is 9.28. The number of carbonyl (C=O) groups is 1. The maximum atomic E-state index is 12.3. The molecule has 6 nitrogen and oxygen atoms in total. The Morgan fingerprint density at radius 3 is 2.43 bits per heavy atom. The predicted molar refractivity (Wildman–Crippen MR) is 119 cm³/mol. The van der Waals surface area contributed by atoms with Gasteiger partial charge in [-0.05, 0) is 42.8 Å². The predicted octanol–water partition coefficient (Wildman–Crippen LogP) is 4.34. The van der Waals surface area contributed by atoms with Crippen molar-refractivity contribution in [3.8, 4) is 0 Å². The van der Waals surface area contributed by atoms with Gasteiger partial charge in [-0.25, -0.2) is 13.1 Å². The van der Waals surface area contributed by atoms with Crippen molar-refractivity contribution in [2.75, 3.05) is 11.1 Å². The molecule has 0 spiro atoms. The van der Waals surface area contributed by atoms with Gasteiger partial charge in [0.05, 0.1) is 22.9 Å². The van der Waals surface area contributed by atoms with E-state index in [1.807, 2.05) is 37.3 Å². The third-order valence-corrected chi connectivity index (χ3v) is 6.70. The molecule has 8 heteroatoms. The average molecular weight is 444 g/mol. The molecule has 1 aromatic heterocycles. The van der Waals surface area contributed by atoms with Crippen LogP contribution >= 0.6 is 11.6 Å². The number of aryl methyl sites for hydroxylation is 1. The third kappa shape index (κ3) is 5.17. The number of benzene rings is 2. The molecule has 1 N–H and O–H groups in total. The number of aromatic nitrogens is 2.